The second kappa shape index (κ2) is 7.20. The topological polar surface area (TPSA) is 64.7 Å². The van der Waals surface area contributed by atoms with Crippen LogP contribution >= 0.6 is 15.9 Å². The molecule has 0 aliphatic rings. The van der Waals surface area contributed by atoms with Gasteiger partial charge in [0.2, 0.25) is 0 Å². The summed E-state index contributed by atoms with van der Waals surface area (Å²) in [5.74, 6) is -0.205. The first kappa shape index (κ1) is 17.2. The van der Waals surface area contributed by atoms with Crippen LogP contribution in [0.5, 0.6) is 0 Å². The maximum absolute atomic E-state index is 12.9. The van der Waals surface area contributed by atoms with Gasteiger partial charge in [0, 0.05) is 16.9 Å². The van der Waals surface area contributed by atoms with E-state index >= 15 is 0 Å². The Labute approximate surface area is 164 Å². The van der Waals surface area contributed by atoms with Crippen LogP contribution in [-0.2, 0) is 0 Å². The molecule has 0 spiro atoms. The summed E-state index contributed by atoms with van der Waals surface area (Å²) in [6.07, 6.45) is 6.82. The zero-order valence-electron chi connectivity index (χ0n) is 14.5. The van der Waals surface area contributed by atoms with Crippen molar-refractivity contribution in [3.05, 3.63) is 89.2 Å². The van der Waals surface area contributed by atoms with E-state index in [9.17, 15) is 4.79 Å². The highest BCUT2D eigenvalue weighted by Gasteiger charge is 2.16. The van der Waals surface area contributed by atoms with Crippen molar-refractivity contribution in [2.75, 3.05) is 5.32 Å². The molecule has 0 aliphatic heterocycles. The summed E-state index contributed by atoms with van der Waals surface area (Å²) in [5.41, 5.74) is 3.75. The Kier molecular flexibility index (Phi) is 4.60. The highest BCUT2D eigenvalue weighted by molar-refractivity contribution is 9.10. The third kappa shape index (κ3) is 3.41. The molecule has 134 valence electrons. The lowest BCUT2D eigenvalue weighted by Gasteiger charge is -2.11. The summed E-state index contributed by atoms with van der Waals surface area (Å²) in [6, 6.07) is 15.4. The summed E-state index contributed by atoms with van der Waals surface area (Å²) in [6.45, 7) is 1.88. The molecule has 0 saturated heterocycles. The highest BCUT2D eigenvalue weighted by Crippen LogP contribution is 2.22. The molecule has 1 amide bonds. The second-order valence-electron chi connectivity index (χ2n) is 5.97. The van der Waals surface area contributed by atoms with Gasteiger partial charge in [-0.1, -0.05) is 28.1 Å². The van der Waals surface area contributed by atoms with Gasteiger partial charge in [-0.3, -0.25) is 4.79 Å². The molecule has 27 heavy (non-hydrogen) atoms. The quantitative estimate of drug-likeness (QED) is 0.531. The zero-order valence-corrected chi connectivity index (χ0v) is 16.1. The Balaban J connectivity index is 1.63. The predicted molar refractivity (Wildman–Crippen MR) is 108 cm³/mol. The van der Waals surface area contributed by atoms with Crippen LogP contribution in [0.15, 0.2) is 77.9 Å². The van der Waals surface area contributed by atoms with Gasteiger partial charge in [0.1, 0.15) is 0 Å². The van der Waals surface area contributed by atoms with E-state index in [1.807, 2.05) is 66.2 Å². The van der Waals surface area contributed by atoms with Gasteiger partial charge in [0.25, 0.3) is 5.91 Å². The fraction of sp³-hybridized carbons (Fsp3) is 0.0500. The third-order valence-corrected chi connectivity index (χ3v) is 4.79. The molecular formula is C20H16BrN5O. The largest absolute Gasteiger partial charge is 0.320 e. The van der Waals surface area contributed by atoms with Crippen molar-refractivity contribution in [3.63, 3.8) is 0 Å². The molecule has 0 unspecified atom stereocenters. The summed E-state index contributed by atoms with van der Waals surface area (Å²) < 4.78 is 4.60. The fourth-order valence-electron chi connectivity index (χ4n) is 2.87. The predicted octanol–water partition coefficient (Wildman–Crippen LogP) is 4.38. The number of anilines is 1. The number of para-hydroxylation sites is 2. The molecule has 1 N–H and O–H groups in total. The first-order valence-electron chi connectivity index (χ1n) is 8.33. The van der Waals surface area contributed by atoms with Gasteiger partial charge < -0.3 is 9.88 Å². The van der Waals surface area contributed by atoms with Crippen molar-refractivity contribution in [1.82, 2.24) is 19.3 Å². The number of carbonyl (C=O) groups excluding carboxylic acids is 1. The minimum Gasteiger partial charge on any atom is -0.320 e. The van der Waals surface area contributed by atoms with Gasteiger partial charge in [-0.2, -0.15) is 5.10 Å². The van der Waals surface area contributed by atoms with E-state index in [-0.39, 0.29) is 5.91 Å². The van der Waals surface area contributed by atoms with Crippen molar-refractivity contribution in [1.29, 1.82) is 0 Å². The van der Waals surface area contributed by atoms with Crippen molar-refractivity contribution in [3.8, 4) is 11.4 Å². The van der Waals surface area contributed by atoms with E-state index in [0.717, 1.165) is 21.5 Å². The summed E-state index contributed by atoms with van der Waals surface area (Å²) >= 11 is 3.42. The first-order valence-corrected chi connectivity index (χ1v) is 9.12. The molecule has 2 aromatic carbocycles. The number of imidazole rings is 1. The van der Waals surface area contributed by atoms with Crippen LogP contribution in [0, 0.1) is 6.92 Å². The van der Waals surface area contributed by atoms with Gasteiger partial charge in [0.15, 0.2) is 0 Å². The monoisotopic (exact) mass is 421 g/mol. The summed E-state index contributed by atoms with van der Waals surface area (Å²) in [4.78, 5) is 16.9. The number of nitrogens with zero attached hydrogens (tertiary/aromatic N) is 4. The average molecular weight is 422 g/mol. The molecule has 0 radical (unpaired) electrons. The van der Waals surface area contributed by atoms with Gasteiger partial charge in [-0.25, -0.2) is 9.67 Å². The van der Waals surface area contributed by atoms with Crippen LogP contribution in [-0.4, -0.2) is 25.2 Å². The molecule has 4 rings (SSSR count). The Morgan fingerprint density at radius 1 is 1.11 bits per heavy atom. The summed E-state index contributed by atoms with van der Waals surface area (Å²) in [7, 11) is 0. The van der Waals surface area contributed by atoms with E-state index in [2.05, 4.69) is 31.3 Å². The fourth-order valence-corrected chi connectivity index (χ4v) is 3.14. The number of hydrogen-bond donors (Lipinski definition) is 1. The van der Waals surface area contributed by atoms with Crippen LogP contribution in [0.3, 0.4) is 0 Å². The van der Waals surface area contributed by atoms with E-state index < -0.39 is 0 Å². The number of amides is 1. The summed E-state index contributed by atoms with van der Waals surface area (Å²) in [5, 5.41) is 7.36. The van der Waals surface area contributed by atoms with Gasteiger partial charge in [-0.05, 0) is 43.3 Å². The van der Waals surface area contributed by atoms with Crippen LogP contribution in [0.25, 0.3) is 11.4 Å². The Hall–Kier alpha value is -3.19. The van der Waals surface area contributed by atoms with E-state index in [0.29, 0.717) is 11.3 Å². The van der Waals surface area contributed by atoms with Crippen molar-refractivity contribution < 1.29 is 4.79 Å². The SMILES string of the molecule is Cc1c(C(=O)Nc2ccccc2-n2ccnc2)cnn1-c1ccc(Br)cc1. The molecule has 6 nitrogen and oxygen atoms in total. The van der Waals surface area contributed by atoms with Gasteiger partial charge >= 0.3 is 0 Å². The van der Waals surface area contributed by atoms with E-state index in [4.69, 9.17) is 0 Å². The second-order valence-corrected chi connectivity index (χ2v) is 6.89. The number of benzene rings is 2. The van der Waals surface area contributed by atoms with Crippen molar-refractivity contribution >= 4 is 27.5 Å². The normalized spacial score (nSPS) is 10.7. The maximum atomic E-state index is 12.9. The first-order chi connectivity index (χ1) is 13.1. The Morgan fingerprint density at radius 3 is 2.63 bits per heavy atom. The molecule has 0 aliphatic carbocycles. The lowest BCUT2D eigenvalue weighted by molar-refractivity contribution is 0.102. The average Bonchev–Trinajstić information content (AvgIpc) is 3.33. The maximum Gasteiger partial charge on any atom is 0.259 e. The molecule has 2 aromatic heterocycles. The van der Waals surface area contributed by atoms with Gasteiger partial charge in [0.05, 0.1) is 40.8 Å². The number of nitrogens with one attached hydrogen (secondary N) is 1. The van der Waals surface area contributed by atoms with Crippen LogP contribution < -0.4 is 5.32 Å². The van der Waals surface area contributed by atoms with Crippen molar-refractivity contribution in [2.45, 2.75) is 6.92 Å². The number of carbonyl (C=O) groups is 1. The molecular weight excluding hydrogens is 406 g/mol. The van der Waals surface area contributed by atoms with Crippen molar-refractivity contribution in [2.24, 2.45) is 0 Å². The van der Waals surface area contributed by atoms with Crippen LogP contribution in [0.4, 0.5) is 5.69 Å². The Bertz CT molecular complexity index is 1080. The third-order valence-electron chi connectivity index (χ3n) is 4.26. The number of rotatable bonds is 4. The smallest absolute Gasteiger partial charge is 0.259 e. The zero-order chi connectivity index (χ0) is 18.8. The van der Waals surface area contributed by atoms with Gasteiger partial charge in [-0.15, -0.1) is 0 Å². The van der Waals surface area contributed by atoms with E-state index in [1.54, 1.807) is 23.4 Å². The lowest BCUT2D eigenvalue weighted by atomic mass is 10.2. The number of hydrogen-bond acceptors (Lipinski definition) is 3. The molecule has 0 saturated carbocycles. The molecule has 4 aromatic rings. The molecule has 0 fully saturated rings. The highest BCUT2D eigenvalue weighted by atomic mass is 79.9. The molecule has 0 bridgehead atoms. The number of halogens is 1. The standard InChI is InChI=1S/C20H16BrN5O/c1-14-17(12-23-26(14)16-8-6-15(21)7-9-16)20(27)24-18-4-2-3-5-19(18)25-11-10-22-13-25/h2-13H,1H3,(H,24,27). The molecule has 0 atom stereocenters. The lowest BCUT2D eigenvalue weighted by Crippen LogP contribution is -2.14. The van der Waals surface area contributed by atoms with E-state index in [1.165, 1.54) is 0 Å². The number of aromatic nitrogens is 4. The van der Waals surface area contributed by atoms with Crippen LogP contribution in [0.1, 0.15) is 16.1 Å². The minimum atomic E-state index is -0.205. The molecule has 7 heteroatoms. The molecule has 2 heterocycles. The Morgan fingerprint density at radius 2 is 1.89 bits per heavy atom. The van der Waals surface area contributed by atoms with Crippen LogP contribution in [0.2, 0.25) is 0 Å². The minimum absolute atomic E-state index is 0.205.